The Labute approximate surface area is 158 Å². The van der Waals surface area contributed by atoms with E-state index in [2.05, 4.69) is 10.3 Å². The number of rotatable bonds is 6. The van der Waals surface area contributed by atoms with Gasteiger partial charge in [0.1, 0.15) is 5.82 Å². The van der Waals surface area contributed by atoms with Gasteiger partial charge in [0, 0.05) is 46.2 Å². The summed E-state index contributed by atoms with van der Waals surface area (Å²) in [5.41, 5.74) is 2.74. The van der Waals surface area contributed by atoms with E-state index in [1.165, 1.54) is 4.57 Å². The molecule has 0 atom stereocenters. The van der Waals surface area contributed by atoms with Crippen LogP contribution in [0.4, 0.5) is 5.69 Å². The number of carbonyl (C=O) groups is 1. The van der Waals surface area contributed by atoms with Crippen LogP contribution in [0.5, 0.6) is 0 Å². The fraction of sp³-hybridized carbons (Fsp3) is 0.286. The lowest BCUT2D eigenvalue weighted by molar-refractivity contribution is -0.121. The van der Waals surface area contributed by atoms with Gasteiger partial charge < -0.3 is 10.2 Å². The van der Waals surface area contributed by atoms with Crippen LogP contribution in [0.3, 0.4) is 0 Å². The van der Waals surface area contributed by atoms with Gasteiger partial charge in [-0.3, -0.25) is 14.2 Å². The molecule has 1 aromatic heterocycles. The number of amides is 1. The number of nitrogens with zero attached hydrogens (tertiary/aromatic N) is 3. The molecule has 0 bridgehead atoms. The molecular weight excluding hydrogens is 340 g/mol. The van der Waals surface area contributed by atoms with Gasteiger partial charge in [0.2, 0.25) is 5.91 Å². The van der Waals surface area contributed by atoms with E-state index in [0.717, 1.165) is 11.3 Å². The number of carbonyl (C=O) groups excluding carboxylic acids is 1. The third kappa shape index (κ3) is 4.34. The Morgan fingerprint density at radius 3 is 2.52 bits per heavy atom. The topological polar surface area (TPSA) is 67.2 Å². The van der Waals surface area contributed by atoms with Crippen LogP contribution in [0.1, 0.15) is 17.8 Å². The Kier molecular flexibility index (Phi) is 5.54. The molecule has 0 spiro atoms. The maximum Gasteiger partial charge on any atom is 0.261 e. The van der Waals surface area contributed by atoms with Gasteiger partial charge in [-0.05, 0) is 29.8 Å². The molecule has 0 saturated carbocycles. The minimum atomic E-state index is -0.0861. The number of fused-ring (bicyclic) bond motifs is 1. The second-order valence-corrected chi connectivity index (χ2v) is 6.75. The van der Waals surface area contributed by atoms with Crippen LogP contribution < -0.4 is 15.8 Å². The average Bonchev–Trinajstić information content (AvgIpc) is 2.68. The highest BCUT2D eigenvalue weighted by molar-refractivity contribution is 5.78. The first kappa shape index (κ1) is 18.6. The Hall–Kier alpha value is -3.15. The van der Waals surface area contributed by atoms with Crippen LogP contribution >= 0.6 is 0 Å². The Morgan fingerprint density at radius 1 is 1.11 bits per heavy atom. The second kappa shape index (κ2) is 8.03. The fourth-order valence-electron chi connectivity index (χ4n) is 2.91. The Bertz CT molecular complexity index is 1010. The highest BCUT2D eigenvalue weighted by atomic mass is 16.1. The molecule has 6 nitrogen and oxygen atoms in total. The van der Waals surface area contributed by atoms with E-state index in [-0.39, 0.29) is 17.9 Å². The molecule has 0 aliphatic rings. The van der Waals surface area contributed by atoms with Crippen molar-refractivity contribution >= 4 is 22.5 Å². The Balaban J connectivity index is 1.60. The number of benzene rings is 2. The number of aromatic nitrogens is 2. The Morgan fingerprint density at radius 2 is 1.81 bits per heavy atom. The van der Waals surface area contributed by atoms with Crippen LogP contribution in [0.2, 0.25) is 0 Å². The summed E-state index contributed by atoms with van der Waals surface area (Å²) in [5, 5.41) is 3.51. The predicted molar refractivity (Wildman–Crippen MR) is 108 cm³/mol. The first-order valence-electron chi connectivity index (χ1n) is 8.93. The molecule has 0 unspecified atom stereocenters. The first-order chi connectivity index (χ1) is 13.0. The maximum atomic E-state index is 12.4. The second-order valence-electron chi connectivity index (χ2n) is 6.75. The molecule has 27 heavy (non-hydrogen) atoms. The lowest BCUT2D eigenvalue weighted by Crippen LogP contribution is -2.26. The standard InChI is InChI=1S/C21H24N4O2/c1-24(2)16-10-8-15(9-11-16)14-22-20(26)13-12-19-23-18-7-5-4-6-17(18)21(27)25(19)3/h4-11H,12-14H2,1-3H3,(H,22,26). The summed E-state index contributed by atoms with van der Waals surface area (Å²) in [6, 6.07) is 15.3. The van der Waals surface area contributed by atoms with E-state index < -0.39 is 0 Å². The molecule has 2 aromatic carbocycles. The summed E-state index contributed by atoms with van der Waals surface area (Å²) in [7, 11) is 5.68. The molecule has 1 amide bonds. The van der Waals surface area contributed by atoms with Gasteiger partial charge in [-0.2, -0.15) is 0 Å². The minimum absolute atomic E-state index is 0.0610. The third-order valence-electron chi connectivity index (χ3n) is 4.59. The van der Waals surface area contributed by atoms with E-state index >= 15 is 0 Å². The van der Waals surface area contributed by atoms with E-state index in [1.807, 2.05) is 61.5 Å². The van der Waals surface area contributed by atoms with Crippen LogP contribution in [0, 0.1) is 0 Å². The molecule has 3 rings (SSSR count). The monoisotopic (exact) mass is 364 g/mol. The third-order valence-corrected chi connectivity index (χ3v) is 4.59. The van der Waals surface area contributed by atoms with E-state index in [4.69, 9.17) is 0 Å². The summed E-state index contributed by atoms with van der Waals surface area (Å²) in [5.74, 6) is 0.554. The van der Waals surface area contributed by atoms with Crippen molar-refractivity contribution in [1.82, 2.24) is 14.9 Å². The fourth-order valence-corrected chi connectivity index (χ4v) is 2.91. The van der Waals surface area contributed by atoms with Crippen LogP contribution in [0.15, 0.2) is 53.3 Å². The van der Waals surface area contributed by atoms with E-state index in [0.29, 0.717) is 29.7 Å². The lowest BCUT2D eigenvalue weighted by Gasteiger charge is -2.13. The number of aryl methyl sites for hydroxylation is 1. The molecule has 0 radical (unpaired) electrons. The molecule has 6 heteroatoms. The zero-order valence-electron chi connectivity index (χ0n) is 15.9. The van der Waals surface area contributed by atoms with Crippen molar-refractivity contribution < 1.29 is 4.79 Å². The quantitative estimate of drug-likeness (QED) is 0.728. The molecule has 0 aliphatic carbocycles. The van der Waals surface area contributed by atoms with Crippen molar-refractivity contribution in [2.75, 3.05) is 19.0 Å². The summed E-state index contributed by atoms with van der Waals surface area (Å²) in [4.78, 5) is 31.2. The highest BCUT2D eigenvalue weighted by Crippen LogP contribution is 2.12. The molecule has 1 N–H and O–H groups in total. The van der Waals surface area contributed by atoms with Crippen LogP contribution in [-0.4, -0.2) is 29.6 Å². The number of anilines is 1. The highest BCUT2D eigenvalue weighted by Gasteiger charge is 2.10. The zero-order valence-corrected chi connectivity index (χ0v) is 15.9. The average molecular weight is 364 g/mol. The van der Waals surface area contributed by atoms with Gasteiger partial charge in [-0.25, -0.2) is 4.98 Å². The van der Waals surface area contributed by atoms with Gasteiger partial charge in [0.05, 0.1) is 10.9 Å². The zero-order chi connectivity index (χ0) is 19.4. The smallest absolute Gasteiger partial charge is 0.261 e. The summed E-state index contributed by atoms with van der Waals surface area (Å²) >= 11 is 0. The molecule has 0 saturated heterocycles. The van der Waals surface area contributed by atoms with Gasteiger partial charge >= 0.3 is 0 Å². The van der Waals surface area contributed by atoms with E-state index in [1.54, 1.807) is 13.1 Å². The van der Waals surface area contributed by atoms with Gasteiger partial charge in [-0.1, -0.05) is 24.3 Å². The predicted octanol–water partition coefficient (Wildman–Crippen LogP) is 2.25. The minimum Gasteiger partial charge on any atom is -0.378 e. The largest absolute Gasteiger partial charge is 0.378 e. The van der Waals surface area contributed by atoms with Gasteiger partial charge in [0.25, 0.3) is 5.56 Å². The number of para-hydroxylation sites is 1. The molecule has 3 aromatic rings. The van der Waals surface area contributed by atoms with Gasteiger partial charge in [0.15, 0.2) is 0 Å². The number of hydrogen-bond donors (Lipinski definition) is 1. The van der Waals surface area contributed by atoms with Crippen molar-refractivity contribution in [2.45, 2.75) is 19.4 Å². The number of nitrogens with one attached hydrogen (secondary N) is 1. The summed E-state index contributed by atoms with van der Waals surface area (Å²) in [6.45, 7) is 0.483. The molecule has 1 heterocycles. The van der Waals surface area contributed by atoms with E-state index in [9.17, 15) is 9.59 Å². The molecule has 140 valence electrons. The molecule has 0 aliphatic heterocycles. The maximum absolute atomic E-state index is 12.4. The lowest BCUT2D eigenvalue weighted by atomic mass is 10.2. The van der Waals surface area contributed by atoms with Crippen molar-refractivity contribution in [3.8, 4) is 0 Å². The summed E-state index contributed by atoms with van der Waals surface area (Å²) in [6.07, 6.45) is 0.705. The SMILES string of the molecule is CN(C)c1ccc(CNC(=O)CCc2nc3ccccc3c(=O)n2C)cc1. The van der Waals surface area contributed by atoms with Crippen molar-refractivity contribution in [2.24, 2.45) is 7.05 Å². The number of hydrogen-bond acceptors (Lipinski definition) is 4. The van der Waals surface area contributed by atoms with Crippen molar-refractivity contribution in [3.63, 3.8) is 0 Å². The van der Waals surface area contributed by atoms with Crippen molar-refractivity contribution in [3.05, 3.63) is 70.3 Å². The van der Waals surface area contributed by atoms with Crippen molar-refractivity contribution in [1.29, 1.82) is 0 Å². The molecule has 0 fully saturated rings. The van der Waals surface area contributed by atoms with Crippen LogP contribution in [0.25, 0.3) is 10.9 Å². The molecular formula is C21H24N4O2. The normalized spacial score (nSPS) is 10.8. The van der Waals surface area contributed by atoms with Gasteiger partial charge in [-0.15, -0.1) is 0 Å². The van der Waals surface area contributed by atoms with Crippen LogP contribution in [-0.2, 0) is 24.8 Å². The summed E-state index contributed by atoms with van der Waals surface area (Å²) < 4.78 is 1.52. The first-order valence-corrected chi connectivity index (χ1v) is 8.93.